The van der Waals surface area contributed by atoms with Crippen molar-refractivity contribution in [1.82, 2.24) is 5.32 Å². The lowest BCUT2D eigenvalue weighted by Gasteiger charge is -2.15. The Morgan fingerprint density at radius 2 is 2.08 bits per heavy atom. The van der Waals surface area contributed by atoms with Gasteiger partial charge in [0.15, 0.2) is 11.9 Å². The smallest absolute Gasteiger partial charge is 0.307 e. The zero-order chi connectivity index (χ0) is 18.9. The highest BCUT2D eigenvalue weighted by atomic mass is 35.5. The molecule has 0 bridgehead atoms. The summed E-state index contributed by atoms with van der Waals surface area (Å²) in [6.45, 7) is 2.08. The van der Waals surface area contributed by atoms with Gasteiger partial charge in [-0.15, -0.1) is 11.3 Å². The van der Waals surface area contributed by atoms with E-state index < -0.39 is 12.1 Å². The number of nitrogens with one attached hydrogen (secondary N) is 1. The van der Waals surface area contributed by atoms with E-state index in [0.29, 0.717) is 15.8 Å². The van der Waals surface area contributed by atoms with Crippen LogP contribution in [0.2, 0.25) is 4.34 Å². The summed E-state index contributed by atoms with van der Waals surface area (Å²) in [4.78, 5) is 36.3. The van der Waals surface area contributed by atoms with E-state index >= 15 is 0 Å². The van der Waals surface area contributed by atoms with Crippen LogP contribution >= 0.6 is 22.9 Å². The molecule has 0 spiro atoms. The molecule has 1 amide bonds. The summed E-state index contributed by atoms with van der Waals surface area (Å²) in [5.74, 6) is -1.03. The van der Waals surface area contributed by atoms with Gasteiger partial charge in [-0.3, -0.25) is 14.4 Å². The summed E-state index contributed by atoms with van der Waals surface area (Å²) in [5.41, 5.74) is 1.38. The summed E-state index contributed by atoms with van der Waals surface area (Å²) in [6, 6.07) is 3.28. The number of thiophene rings is 1. The molecule has 5 nitrogen and oxygen atoms in total. The average Bonchev–Trinajstić information content (AvgIpc) is 3.07. The minimum Gasteiger partial charge on any atom is -0.453 e. The molecule has 0 saturated heterocycles. The van der Waals surface area contributed by atoms with Crippen molar-refractivity contribution in [1.29, 1.82) is 0 Å². The van der Waals surface area contributed by atoms with E-state index in [1.807, 2.05) is 0 Å². The maximum absolute atomic E-state index is 12.0. The average molecular weight is 398 g/mol. The monoisotopic (exact) mass is 397 g/mol. The van der Waals surface area contributed by atoms with Crippen molar-refractivity contribution in [3.63, 3.8) is 0 Å². The number of rotatable bonds is 9. The first-order valence-electron chi connectivity index (χ1n) is 8.89. The molecule has 1 atom stereocenters. The Kier molecular flexibility index (Phi) is 8.32. The van der Waals surface area contributed by atoms with Crippen LogP contribution in [-0.4, -0.2) is 30.3 Å². The van der Waals surface area contributed by atoms with Gasteiger partial charge in [0.05, 0.1) is 15.6 Å². The summed E-state index contributed by atoms with van der Waals surface area (Å²) >= 11 is 6.97. The van der Waals surface area contributed by atoms with Gasteiger partial charge >= 0.3 is 5.97 Å². The molecular weight excluding hydrogens is 374 g/mol. The molecule has 0 fully saturated rings. The van der Waals surface area contributed by atoms with E-state index in [1.165, 1.54) is 36.7 Å². The number of hydrogen-bond acceptors (Lipinski definition) is 5. The molecule has 7 heteroatoms. The van der Waals surface area contributed by atoms with Gasteiger partial charge in [0.1, 0.15) is 0 Å². The minimum atomic E-state index is -0.867. The third-order valence-electron chi connectivity index (χ3n) is 4.21. The van der Waals surface area contributed by atoms with E-state index in [2.05, 4.69) is 11.4 Å². The Hall–Kier alpha value is -1.66. The molecule has 1 heterocycles. The first-order valence-corrected chi connectivity index (χ1v) is 10.1. The normalized spacial score (nSPS) is 15.1. The lowest BCUT2D eigenvalue weighted by Crippen LogP contribution is -2.36. The van der Waals surface area contributed by atoms with Crippen LogP contribution in [0, 0.1) is 0 Å². The molecule has 0 unspecified atom stereocenters. The number of amides is 1. The Balaban J connectivity index is 1.64. The van der Waals surface area contributed by atoms with E-state index in [0.717, 1.165) is 19.3 Å². The SMILES string of the molecule is C[C@H](OC(=O)CCC(=O)c1ccc(Cl)s1)C(=O)NCCC1=CCCCC1. The van der Waals surface area contributed by atoms with Crippen molar-refractivity contribution in [2.24, 2.45) is 0 Å². The molecule has 1 aliphatic carbocycles. The van der Waals surface area contributed by atoms with Gasteiger partial charge in [0, 0.05) is 13.0 Å². The molecule has 26 heavy (non-hydrogen) atoms. The van der Waals surface area contributed by atoms with Gasteiger partial charge in [-0.1, -0.05) is 23.3 Å². The predicted molar refractivity (Wildman–Crippen MR) is 103 cm³/mol. The van der Waals surface area contributed by atoms with Crippen molar-refractivity contribution in [3.8, 4) is 0 Å². The Bertz CT molecular complexity index is 683. The minimum absolute atomic E-state index is 0.0399. The van der Waals surface area contributed by atoms with Crippen LogP contribution in [0.25, 0.3) is 0 Å². The highest BCUT2D eigenvalue weighted by molar-refractivity contribution is 7.18. The number of ketones is 1. The highest BCUT2D eigenvalue weighted by Gasteiger charge is 2.19. The lowest BCUT2D eigenvalue weighted by molar-refractivity contribution is -0.154. The second-order valence-corrected chi connectivity index (χ2v) is 8.02. The van der Waals surface area contributed by atoms with Gasteiger partial charge < -0.3 is 10.1 Å². The van der Waals surface area contributed by atoms with E-state index in [9.17, 15) is 14.4 Å². The molecule has 0 aliphatic heterocycles. The summed E-state index contributed by atoms with van der Waals surface area (Å²) in [5, 5.41) is 2.79. The van der Waals surface area contributed by atoms with Crippen LogP contribution in [0.3, 0.4) is 0 Å². The van der Waals surface area contributed by atoms with Gasteiger partial charge in [-0.2, -0.15) is 0 Å². The van der Waals surface area contributed by atoms with Crippen molar-refractivity contribution in [3.05, 3.63) is 33.0 Å². The molecule has 1 N–H and O–H groups in total. The first-order chi connectivity index (χ1) is 12.5. The van der Waals surface area contributed by atoms with Crippen molar-refractivity contribution in [2.75, 3.05) is 6.54 Å². The van der Waals surface area contributed by atoms with Crippen LogP contribution in [-0.2, 0) is 14.3 Å². The largest absolute Gasteiger partial charge is 0.453 e. The molecule has 0 saturated carbocycles. The fraction of sp³-hybridized carbons (Fsp3) is 0.526. The number of esters is 1. The van der Waals surface area contributed by atoms with Crippen LogP contribution in [0.1, 0.15) is 61.5 Å². The maximum Gasteiger partial charge on any atom is 0.307 e. The van der Waals surface area contributed by atoms with Gasteiger partial charge in [-0.05, 0) is 51.2 Å². The molecule has 1 aliphatic rings. The molecule has 1 aromatic rings. The fourth-order valence-electron chi connectivity index (χ4n) is 2.73. The topological polar surface area (TPSA) is 72.5 Å². The molecule has 0 aromatic carbocycles. The number of carbonyl (C=O) groups is 3. The lowest BCUT2D eigenvalue weighted by atomic mass is 9.97. The summed E-state index contributed by atoms with van der Waals surface area (Å²) < 4.78 is 5.64. The number of ether oxygens (including phenoxy) is 1. The Labute approximate surface area is 162 Å². The van der Waals surface area contributed by atoms with Crippen LogP contribution in [0.5, 0.6) is 0 Å². The molecular formula is C19H24ClNO4S. The van der Waals surface area contributed by atoms with Crippen LogP contribution in [0.4, 0.5) is 0 Å². The van der Waals surface area contributed by atoms with Crippen LogP contribution in [0.15, 0.2) is 23.8 Å². The number of hydrogen-bond donors (Lipinski definition) is 1. The highest BCUT2D eigenvalue weighted by Crippen LogP contribution is 2.23. The van der Waals surface area contributed by atoms with Crippen molar-refractivity contribution < 1.29 is 19.1 Å². The molecule has 1 aromatic heterocycles. The van der Waals surface area contributed by atoms with Crippen molar-refractivity contribution in [2.45, 2.75) is 58.0 Å². The van der Waals surface area contributed by atoms with Crippen LogP contribution < -0.4 is 5.32 Å². The number of carbonyl (C=O) groups excluding carboxylic acids is 3. The molecule has 0 radical (unpaired) electrons. The van der Waals surface area contributed by atoms with E-state index in [1.54, 1.807) is 12.1 Å². The van der Waals surface area contributed by atoms with E-state index in [-0.39, 0.29) is 24.5 Å². The zero-order valence-corrected chi connectivity index (χ0v) is 16.5. The third-order valence-corrected chi connectivity index (χ3v) is 5.48. The Morgan fingerprint density at radius 3 is 2.73 bits per heavy atom. The fourth-order valence-corrected chi connectivity index (χ4v) is 3.74. The molecule has 142 valence electrons. The second-order valence-electron chi connectivity index (χ2n) is 6.31. The molecule has 2 rings (SSSR count). The number of Topliss-reactive ketones (excluding diaryl/α,β-unsaturated/α-hetero) is 1. The number of allylic oxidation sites excluding steroid dienone is 1. The van der Waals surface area contributed by atoms with Gasteiger partial charge in [-0.25, -0.2) is 0 Å². The third kappa shape index (κ3) is 6.92. The predicted octanol–water partition coefficient (Wildman–Crippen LogP) is 4.30. The quantitative estimate of drug-likeness (QED) is 0.383. The van der Waals surface area contributed by atoms with Gasteiger partial charge in [0.25, 0.3) is 5.91 Å². The number of halogens is 1. The Morgan fingerprint density at radius 1 is 1.27 bits per heavy atom. The van der Waals surface area contributed by atoms with E-state index in [4.69, 9.17) is 16.3 Å². The maximum atomic E-state index is 12.0. The summed E-state index contributed by atoms with van der Waals surface area (Å²) in [6.07, 6.45) is 6.87. The zero-order valence-electron chi connectivity index (χ0n) is 14.9. The second kappa shape index (κ2) is 10.5. The van der Waals surface area contributed by atoms with Gasteiger partial charge in [0.2, 0.25) is 0 Å². The first kappa shape index (κ1) is 20.6. The summed E-state index contributed by atoms with van der Waals surface area (Å²) in [7, 11) is 0. The standard InChI is InChI=1S/C19H24ClNO4S/c1-13(19(24)21-12-11-14-5-3-2-4-6-14)25-18(23)10-7-15(22)16-8-9-17(20)26-16/h5,8-9,13H,2-4,6-7,10-12H2,1H3,(H,21,24)/t13-/m0/s1. The van der Waals surface area contributed by atoms with Crippen molar-refractivity contribution >= 4 is 40.6 Å².